The molecule has 0 aromatic carbocycles. The van der Waals surface area contributed by atoms with Crippen molar-refractivity contribution in [2.45, 2.75) is 18.8 Å². The zero-order chi connectivity index (χ0) is 7.73. The maximum absolute atomic E-state index is 5.29. The van der Waals surface area contributed by atoms with E-state index in [2.05, 4.69) is 22.9 Å². The highest BCUT2D eigenvalue weighted by Gasteiger charge is 2.33. The SMILES string of the molecule is CC1(c2c[c]on2)CCOC1. The van der Waals surface area contributed by atoms with Gasteiger partial charge in [-0.1, -0.05) is 12.1 Å². The highest BCUT2D eigenvalue weighted by molar-refractivity contribution is 5.13. The first-order chi connectivity index (χ1) is 5.31. The van der Waals surface area contributed by atoms with Crippen molar-refractivity contribution in [2.24, 2.45) is 0 Å². The number of rotatable bonds is 1. The van der Waals surface area contributed by atoms with Gasteiger partial charge in [0.2, 0.25) is 6.26 Å². The molecule has 1 aliphatic heterocycles. The van der Waals surface area contributed by atoms with Gasteiger partial charge in [-0.15, -0.1) is 0 Å². The van der Waals surface area contributed by atoms with Gasteiger partial charge in [-0.2, -0.15) is 0 Å². The first-order valence-corrected chi connectivity index (χ1v) is 3.72. The van der Waals surface area contributed by atoms with Crippen molar-refractivity contribution >= 4 is 0 Å². The third kappa shape index (κ3) is 1.05. The molecule has 0 bridgehead atoms. The summed E-state index contributed by atoms with van der Waals surface area (Å²) in [6.07, 6.45) is 3.61. The molecule has 3 nitrogen and oxygen atoms in total. The van der Waals surface area contributed by atoms with Crippen LogP contribution in [0.5, 0.6) is 0 Å². The predicted molar refractivity (Wildman–Crippen MR) is 38.1 cm³/mol. The highest BCUT2D eigenvalue weighted by Crippen LogP contribution is 2.30. The summed E-state index contributed by atoms with van der Waals surface area (Å²) in [6, 6.07) is 1.79. The number of hydrogen-bond acceptors (Lipinski definition) is 3. The normalized spacial score (nSPS) is 31.0. The molecule has 1 aromatic heterocycles. The smallest absolute Gasteiger partial charge is 0.205 e. The van der Waals surface area contributed by atoms with E-state index in [1.807, 2.05) is 0 Å². The van der Waals surface area contributed by atoms with Gasteiger partial charge < -0.3 is 9.26 Å². The molecule has 0 aliphatic carbocycles. The Balaban J connectivity index is 2.27. The minimum absolute atomic E-state index is 0.0590. The fourth-order valence-corrected chi connectivity index (χ4v) is 1.34. The Morgan fingerprint density at radius 2 is 2.64 bits per heavy atom. The second-order valence-electron chi connectivity index (χ2n) is 3.19. The summed E-state index contributed by atoms with van der Waals surface area (Å²) in [5.41, 5.74) is 1.01. The van der Waals surface area contributed by atoms with E-state index in [-0.39, 0.29) is 5.41 Å². The fraction of sp³-hybridized carbons (Fsp3) is 0.625. The Morgan fingerprint density at radius 3 is 3.18 bits per heavy atom. The minimum atomic E-state index is 0.0590. The van der Waals surface area contributed by atoms with Crippen LogP contribution in [-0.2, 0) is 10.2 Å². The predicted octanol–water partition coefficient (Wildman–Crippen LogP) is 1.15. The number of ether oxygens (including phenoxy) is 1. The summed E-state index contributed by atoms with van der Waals surface area (Å²) in [5, 5.41) is 3.86. The van der Waals surface area contributed by atoms with Crippen molar-refractivity contribution in [2.75, 3.05) is 13.2 Å². The summed E-state index contributed by atoms with van der Waals surface area (Å²) in [6.45, 7) is 3.70. The molecule has 59 valence electrons. The first kappa shape index (κ1) is 6.85. The molecule has 3 heteroatoms. The molecule has 0 spiro atoms. The fourth-order valence-electron chi connectivity index (χ4n) is 1.34. The van der Waals surface area contributed by atoms with Crippen LogP contribution in [0.4, 0.5) is 0 Å². The third-order valence-electron chi connectivity index (χ3n) is 2.23. The third-order valence-corrected chi connectivity index (χ3v) is 2.23. The zero-order valence-corrected chi connectivity index (χ0v) is 6.46. The Hall–Kier alpha value is -0.830. The van der Waals surface area contributed by atoms with Crippen molar-refractivity contribution in [3.05, 3.63) is 18.0 Å². The van der Waals surface area contributed by atoms with Gasteiger partial charge >= 0.3 is 0 Å². The lowest BCUT2D eigenvalue weighted by Crippen LogP contribution is -2.21. The summed E-state index contributed by atoms with van der Waals surface area (Å²) < 4.78 is 9.95. The molecular formula is C8H10NO2. The molecule has 1 aliphatic rings. The van der Waals surface area contributed by atoms with E-state index < -0.39 is 0 Å². The molecule has 1 saturated heterocycles. The molecule has 1 unspecified atom stereocenters. The molecule has 0 saturated carbocycles. The van der Waals surface area contributed by atoms with Crippen LogP contribution in [-0.4, -0.2) is 18.4 Å². The van der Waals surface area contributed by atoms with Crippen molar-refractivity contribution in [3.63, 3.8) is 0 Å². The van der Waals surface area contributed by atoms with Crippen LogP contribution in [0, 0.1) is 6.26 Å². The molecule has 1 aromatic rings. The van der Waals surface area contributed by atoms with Crippen molar-refractivity contribution in [1.29, 1.82) is 0 Å². The lowest BCUT2D eigenvalue weighted by molar-refractivity contribution is 0.179. The lowest BCUT2D eigenvalue weighted by Gasteiger charge is -2.16. The summed E-state index contributed by atoms with van der Waals surface area (Å²) in [5.74, 6) is 0. The van der Waals surface area contributed by atoms with Gasteiger partial charge in [0.05, 0.1) is 12.3 Å². The molecule has 2 heterocycles. The molecular weight excluding hydrogens is 142 g/mol. The zero-order valence-electron chi connectivity index (χ0n) is 6.46. The van der Waals surface area contributed by atoms with Crippen LogP contribution >= 0.6 is 0 Å². The van der Waals surface area contributed by atoms with E-state index in [0.29, 0.717) is 0 Å². The first-order valence-electron chi connectivity index (χ1n) is 3.72. The maximum Gasteiger partial charge on any atom is 0.205 e. The van der Waals surface area contributed by atoms with Gasteiger partial charge in [-0.3, -0.25) is 0 Å². The van der Waals surface area contributed by atoms with Gasteiger partial charge in [0, 0.05) is 18.1 Å². The van der Waals surface area contributed by atoms with Gasteiger partial charge in [0.1, 0.15) is 0 Å². The van der Waals surface area contributed by atoms with Gasteiger partial charge in [0.25, 0.3) is 0 Å². The molecule has 1 fully saturated rings. The standard InChI is InChI=1S/C8H10NO2/c1-8(3-5-10-6-8)7-2-4-11-9-7/h2H,3,5-6H2,1H3. The molecule has 0 N–H and O–H groups in total. The average molecular weight is 152 g/mol. The topological polar surface area (TPSA) is 35.3 Å². The second kappa shape index (κ2) is 2.34. The van der Waals surface area contributed by atoms with E-state index in [4.69, 9.17) is 4.74 Å². The Bertz CT molecular complexity index is 224. The second-order valence-corrected chi connectivity index (χ2v) is 3.19. The summed E-state index contributed by atoms with van der Waals surface area (Å²) >= 11 is 0. The Labute approximate surface area is 65.3 Å². The van der Waals surface area contributed by atoms with Crippen molar-refractivity contribution < 1.29 is 9.26 Å². The highest BCUT2D eigenvalue weighted by atomic mass is 16.5. The van der Waals surface area contributed by atoms with Crippen LogP contribution in [0.2, 0.25) is 0 Å². The van der Waals surface area contributed by atoms with Crippen LogP contribution in [0.25, 0.3) is 0 Å². The van der Waals surface area contributed by atoms with Gasteiger partial charge in [-0.25, -0.2) is 0 Å². The minimum Gasteiger partial charge on any atom is -0.380 e. The molecule has 1 radical (unpaired) electrons. The quantitative estimate of drug-likeness (QED) is 0.605. The van der Waals surface area contributed by atoms with Crippen molar-refractivity contribution in [1.82, 2.24) is 5.16 Å². The molecule has 1 atom stereocenters. The number of aromatic nitrogens is 1. The van der Waals surface area contributed by atoms with E-state index in [9.17, 15) is 0 Å². The largest absolute Gasteiger partial charge is 0.380 e. The van der Waals surface area contributed by atoms with E-state index in [1.165, 1.54) is 0 Å². The van der Waals surface area contributed by atoms with E-state index in [0.717, 1.165) is 25.3 Å². The van der Waals surface area contributed by atoms with E-state index in [1.54, 1.807) is 6.07 Å². The number of hydrogen-bond donors (Lipinski definition) is 0. The van der Waals surface area contributed by atoms with Crippen molar-refractivity contribution in [3.8, 4) is 0 Å². The molecule has 0 amide bonds. The molecule has 2 rings (SSSR count). The number of nitrogens with zero attached hydrogens (tertiary/aromatic N) is 1. The van der Waals surface area contributed by atoms with Crippen LogP contribution in [0.15, 0.2) is 10.6 Å². The Kier molecular flexibility index (Phi) is 1.46. The lowest BCUT2D eigenvalue weighted by atomic mass is 9.86. The monoisotopic (exact) mass is 152 g/mol. The summed E-state index contributed by atoms with van der Waals surface area (Å²) in [4.78, 5) is 0. The maximum atomic E-state index is 5.29. The Morgan fingerprint density at radius 1 is 1.73 bits per heavy atom. The van der Waals surface area contributed by atoms with Gasteiger partial charge in [-0.05, 0) is 6.42 Å². The summed E-state index contributed by atoms with van der Waals surface area (Å²) in [7, 11) is 0. The van der Waals surface area contributed by atoms with Crippen LogP contribution < -0.4 is 0 Å². The van der Waals surface area contributed by atoms with Crippen LogP contribution in [0.1, 0.15) is 19.0 Å². The average Bonchev–Trinajstić information content (AvgIpc) is 2.55. The van der Waals surface area contributed by atoms with Gasteiger partial charge in [0.15, 0.2) is 0 Å². The van der Waals surface area contributed by atoms with E-state index >= 15 is 0 Å². The van der Waals surface area contributed by atoms with Crippen LogP contribution in [0.3, 0.4) is 0 Å². The molecule has 11 heavy (non-hydrogen) atoms.